The first-order valence-corrected chi connectivity index (χ1v) is 5.50. The van der Waals surface area contributed by atoms with Crippen LogP contribution in [0.25, 0.3) is 0 Å². The van der Waals surface area contributed by atoms with Gasteiger partial charge in [0.05, 0.1) is 12.7 Å². The van der Waals surface area contributed by atoms with E-state index in [0.717, 1.165) is 12.8 Å². The molecule has 0 aromatic carbocycles. The van der Waals surface area contributed by atoms with E-state index in [1.54, 1.807) is 6.92 Å². The Morgan fingerprint density at radius 1 is 1.36 bits per heavy atom. The van der Waals surface area contributed by atoms with E-state index < -0.39 is 5.54 Å². The van der Waals surface area contributed by atoms with E-state index in [0.29, 0.717) is 6.04 Å². The minimum atomic E-state index is -0.755. The predicted octanol–water partition coefficient (Wildman–Crippen LogP) is 1.57. The largest absolute Gasteiger partial charge is 0.393 e. The Balaban J connectivity index is 2.45. The maximum Gasteiger partial charge on any atom is 0.127 e. The van der Waals surface area contributed by atoms with Crippen LogP contribution in [0.15, 0.2) is 0 Å². The van der Waals surface area contributed by atoms with Crippen molar-refractivity contribution in [2.75, 3.05) is 6.61 Å². The zero-order chi connectivity index (χ0) is 10.4. The molecule has 0 bridgehead atoms. The number of aliphatic hydroxyl groups excluding tert-OH is 1. The number of hydrogen-bond donors (Lipinski definition) is 2. The van der Waals surface area contributed by atoms with E-state index >= 15 is 0 Å². The summed E-state index contributed by atoms with van der Waals surface area (Å²) in [4.78, 5) is 0. The second-order valence-electron chi connectivity index (χ2n) is 4.43. The van der Waals surface area contributed by atoms with Crippen LogP contribution in [0.5, 0.6) is 0 Å². The van der Waals surface area contributed by atoms with Gasteiger partial charge in [-0.3, -0.25) is 5.32 Å². The predicted molar refractivity (Wildman–Crippen MR) is 55.7 cm³/mol. The molecule has 3 nitrogen and oxygen atoms in total. The van der Waals surface area contributed by atoms with Gasteiger partial charge in [0.15, 0.2) is 0 Å². The smallest absolute Gasteiger partial charge is 0.127 e. The first-order valence-electron chi connectivity index (χ1n) is 5.50. The highest BCUT2D eigenvalue weighted by Gasteiger charge is 2.26. The summed E-state index contributed by atoms with van der Waals surface area (Å²) in [7, 11) is 0. The van der Waals surface area contributed by atoms with Gasteiger partial charge >= 0.3 is 0 Å². The molecule has 0 aliphatic heterocycles. The molecule has 1 aliphatic carbocycles. The maximum absolute atomic E-state index is 9.10. The molecular weight excluding hydrogens is 176 g/mol. The number of hydrogen-bond acceptors (Lipinski definition) is 3. The van der Waals surface area contributed by atoms with Crippen molar-refractivity contribution >= 4 is 0 Å². The van der Waals surface area contributed by atoms with Crippen LogP contribution in [-0.4, -0.2) is 23.3 Å². The minimum absolute atomic E-state index is 0.111. The van der Waals surface area contributed by atoms with Gasteiger partial charge in [0, 0.05) is 6.04 Å². The van der Waals surface area contributed by atoms with Crippen LogP contribution in [0.4, 0.5) is 0 Å². The van der Waals surface area contributed by atoms with Crippen LogP contribution in [-0.2, 0) is 0 Å². The van der Waals surface area contributed by atoms with Gasteiger partial charge in [0.2, 0.25) is 0 Å². The fourth-order valence-electron chi connectivity index (χ4n) is 1.99. The zero-order valence-corrected chi connectivity index (χ0v) is 8.92. The van der Waals surface area contributed by atoms with E-state index in [9.17, 15) is 0 Å². The second-order valence-corrected chi connectivity index (χ2v) is 4.43. The third-order valence-corrected chi connectivity index (χ3v) is 2.94. The van der Waals surface area contributed by atoms with Gasteiger partial charge in [-0.25, -0.2) is 0 Å². The van der Waals surface area contributed by atoms with Crippen molar-refractivity contribution in [3.63, 3.8) is 0 Å². The first kappa shape index (κ1) is 11.5. The van der Waals surface area contributed by atoms with Gasteiger partial charge in [0.25, 0.3) is 0 Å². The molecule has 1 atom stereocenters. The molecule has 0 spiro atoms. The van der Waals surface area contributed by atoms with Crippen molar-refractivity contribution < 1.29 is 5.11 Å². The SMILES string of the molecule is CC(C#N)(CO)NC1CCCCCC1. The molecule has 0 aromatic heterocycles. The molecule has 0 radical (unpaired) electrons. The zero-order valence-electron chi connectivity index (χ0n) is 8.92. The molecule has 0 saturated heterocycles. The van der Waals surface area contributed by atoms with Gasteiger partial charge in [-0.05, 0) is 19.8 Å². The van der Waals surface area contributed by atoms with Crippen molar-refractivity contribution in [2.24, 2.45) is 0 Å². The van der Waals surface area contributed by atoms with Crippen LogP contribution in [0.1, 0.15) is 45.4 Å². The average molecular weight is 196 g/mol. The van der Waals surface area contributed by atoms with Crippen molar-refractivity contribution in [1.82, 2.24) is 5.32 Å². The molecule has 1 fully saturated rings. The van der Waals surface area contributed by atoms with Crippen molar-refractivity contribution in [2.45, 2.75) is 57.0 Å². The summed E-state index contributed by atoms with van der Waals surface area (Å²) in [6.45, 7) is 1.65. The maximum atomic E-state index is 9.10. The third-order valence-electron chi connectivity index (χ3n) is 2.94. The highest BCUT2D eigenvalue weighted by Crippen LogP contribution is 2.19. The topological polar surface area (TPSA) is 56.0 Å². The second kappa shape index (κ2) is 5.33. The summed E-state index contributed by atoms with van der Waals surface area (Å²) in [5.74, 6) is 0. The standard InChI is InChI=1S/C11H20N2O/c1-11(8-12,9-14)13-10-6-4-2-3-5-7-10/h10,13-14H,2-7,9H2,1H3. The van der Waals surface area contributed by atoms with Gasteiger partial charge in [0.1, 0.15) is 5.54 Å². The molecule has 80 valence electrons. The summed E-state index contributed by atoms with van der Waals surface area (Å²) >= 11 is 0. The lowest BCUT2D eigenvalue weighted by Gasteiger charge is -2.27. The Labute approximate surface area is 86.1 Å². The van der Waals surface area contributed by atoms with E-state index in [4.69, 9.17) is 10.4 Å². The van der Waals surface area contributed by atoms with E-state index in [2.05, 4.69) is 11.4 Å². The number of aliphatic hydroxyl groups is 1. The van der Waals surface area contributed by atoms with E-state index in [-0.39, 0.29) is 6.61 Å². The van der Waals surface area contributed by atoms with Crippen molar-refractivity contribution in [3.8, 4) is 6.07 Å². The Morgan fingerprint density at radius 2 is 1.93 bits per heavy atom. The summed E-state index contributed by atoms with van der Waals surface area (Å²) in [6.07, 6.45) is 7.37. The molecule has 1 saturated carbocycles. The number of nitrogens with one attached hydrogen (secondary N) is 1. The molecule has 1 unspecified atom stereocenters. The Bertz CT molecular complexity index is 204. The minimum Gasteiger partial charge on any atom is -0.393 e. The first-order chi connectivity index (χ1) is 6.70. The molecule has 1 rings (SSSR count). The molecule has 14 heavy (non-hydrogen) atoms. The molecule has 1 aliphatic rings. The fourth-order valence-corrected chi connectivity index (χ4v) is 1.99. The Hall–Kier alpha value is -0.590. The molecule has 3 heteroatoms. The lowest BCUT2D eigenvalue weighted by molar-refractivity contribution is 0.196. The molecule has 0 amide bonds. The number of nitrogens with zero attached hydrogens (tertiary/aromatic N) is 1. The Morgan fingerprint density at radius 3 is 2.36 bits per heavy atom. The molecule has 0 aromatic rings. The highest BCUT2D eigenvalue weighted by molar-refractivity contribution is 5.04. The summed E-state index contributed by atoms with van der Waals surface area (Å²) in [5.41, 5.74) is -0.755. The van der Waals surface area contributed by atoms with Crippen LogP contribution < -0.4 is 5.32 Å². The van der Waals surface area contributed by atoms with Gasteiger partial charge in [-0.2, -0.15) is 5.26 Å². The lowest BCUT2D eigenvalue weighted by atomic mass is 10.0. The average Bonchev–Trinajstić information content (AvgIpc) is 2.46. The molecule has 2 N–H and O–H groups in total. The molecular formula is C11H20N2O. The van der Waals surface area contributed by atoms with Gasteiger partial charge < -0.3 is 5.11 Å². The normalized spacial score (nSPS) is 23.5. The quantitative estimate of drug-likeness (QED) is 0.674. The van der Waals surface area contributed by atoms with Crippen LogP contribution in [0.2, 0.25) is 0 Å². The monoisotopic (exact) mass is 196 g/mol. The summed E-state index contributed by atoms with van der Waals surface area (Å²) in [6, 6.07) is 2.55. The van der Waals surface area contributed by atoms with E-state index in [1.807, 2.05) is 0 Å². The summed E-state index contributed by atoms with van der Waals surface area (Å²) in [5, 5.41) is 21.3. The lowest BCUT2D eigenvalue weighted by Crippen LogP contribution is -2.49. The summed E-state index contributed by atoms with van der Waals surface area (Å²) < 4.78 is 0. The van der Waals surface area contributed by atoms with Crippen LogP contribution in [0.3, 0.4) is 0 Å². The van der Waals surface area contributed by atoms with Gasteiger partial charge in [-0.15, -0.1) is 0 Å². The third kappa shape index (κ3) is 3.28. The number of nitriles is 1. The van der Waals surface area contributed by atoms with Crippen molar-refractivity contribution in [1.29, 1.82) is 5.26 Å². The fraction of sp³-hybridized carbons (Fsp3) is 0.909. The highest BCUT2D eigenvalue weighted by atomic mass is 16.3. The van der Waals surface area contributed by atoms with E-state index in [1.165, 1.54) is 25.7 Å². The number of rotatable bonds is 3. The van der Waals surface area contributed by atoms with Crippen molar-refractivity contribution in [3.05, 3.63) is 0 Å². The molecule has 0 heterocycles. The van der Waals surface area contributed by atoms with Crippen LogP contribution >= 0.6 is 0 Å². The van der Waals surface area contributed by atoms with Crippen LogP contribution in [0, 0.1) is 11.3 Å². The Kier molecular flexibility index (Phi) is 4.37. The van der Waals surface area contributed by atoms with Gasteiger partial charge in [-0.1, -0.05) is 25.7 Å².